The zero-order valence-electron chi connectivity index (χ0n) is 17.8. The number of carbonyl (C=O) groups excluding carboxylic acids is 2. The van der Waals surface area contributed by atoms with Crippen molar-refractivity contribution >= 4 is 38.5 Å². The van der Waals surface area contributed by atoms with Crippen LogP contribution in [0.5, 0.6) is 5.88 Å². The Bertz CT molecular complexity index is 1420. The minimum absolute atomic E-state index is 0.119. The van der Waals surface area contributed by atoms with Crippen LogP contribution in [-0.2, 0) is 4.79 Å². The Hall–Kier alpha value is -4.33. The molecule has 0 spiro atoms. The second-order valence-electron chi connectivity index (χ2n) is 6.90. The van der Waals surface area contributed by atoms with Crippen molar-refractivity contribution in [2.75, 3.05) is 11.9 Å². The summed E-state index contributed by atoms with van der Waals surface area (Å²) < 4.78 is 47.2. The number of nitrogens with one attached hydrogen (secondary N) is 2. The average Bonchev–Trinajstić information content (AvgIpc) is 3.43. The highest BCUT2D eigenvalue weighted by Gasteiger charge is 2.29. The van der Waals surface area contributed by atoms with Gasteiger partial charge < -0.3 is 14.6 Å². The van der Waals surface area contributed by atoms with Crippen molar-refractivity contribution in [3.8, 4) is 17.3 Å². The molecule has 180 valence electrons. The number of aryl methyl sites for hydroxylation is 1. The van der Waals surface area contributed by atoms with Crippen molar-refractivity contribution in [1.29, 1.82) is 0 Å². The number of aromatic nitrogens is 4. The molecule has 0 saturated carbocycles. The number of ether oxygens (including phenoxy) is 1. The molecule has 0 bridgehead atoms. The van der Waals surface area contributed by atoms with Crippen LogP contribution in [0.15, 0.2) is 53.3 Å². The van der Waals surface area contributed by atoms with Gasteiger partial charge in [-0.05, 0) is 18.2 Å². The number of benzene rings is 1. The van der Waals surface area contributed by atoms with E-state index in [0.717, 1.165) is 23.6 Å². The molecule has 0 unspecified atom stereocenters. The molecule has 1 aromatic carbocycles. The van der Waals surface area contributed by atoms with Gasteiger partial charge in [-0.3, -0.25) is 14.9 Å². The molecular formula is C21H15F3N6O4S. The number of fused-ring (bicyclic) bond motifs is 1. The summed E-state index contributed by atoms with van der Waals surface area (Å²) >= 11 is 0.902. The zero-order valence-corrected chi connectivity index (χ0v) is 18.6. The normalized spacial score (nSPS) is 11.7. The molecule has 2 amide bonds. The van der Waals surface area contributed by atoms with Crippen molar-refractivity contribution in [3.05, 3.63) is 60.3 Å². The summed E-state index contributed by atoms with van der Waals surface area (Å²) in [6, 6.07) is 7.99. The maximum absolute atomic E-state index is 12.4. The highest BCUT2D eigenvalue weighted by atomic mass is 32.1. The number of amides is 2. The van der Waals surface area contributed by atoms with Gasteiger partial charge in [-0.15, -0.1) is 0 Å². The number of thiazole rings is 1. The number of hydrogen-bond acceptors (Lipinski definition) is 9. The SMILES string of the molecule is Cc1nc(-c2cccc(C(=O)NC=CC(=O)Nc3nc4ccnc(OCC(F)(F)F)c4s3)c2)no1. The van der Waals surface area contributed by atoms with E-state index < -0.39 is 24.6 Å². The first-order chi connectivity index (χ1) is 16.7. The Morgan fingerprint density at radius 1 is 1.23 bits per heavy atom. The summed E-state index contributed by atoms with van der Waals surface area (Å²) in [6.07, 6.45) is -1.05. The number of nitrogens with zero attached hydrogens (tertiary/aromatic N) is 4. The van der Waals surface area contributed by atoms with E-state index in [1.807, 2.05) is 0 Å². The minimum Gasteiger partial charge on any atom is -0.467 e. The van der Waals surface area contributed by atoms with Gasteiger partial charge in [-0.25, -0.2) is 9.97 Å². The van der Waals surface area contributed by atoms with Gasteiger partial charge in [0.15, 0.2) is 11.7 Å². The van der Waals surface area contributed by atoms with Gasteiger partial charge in [0.1, 0.15) is 4.70 Å². The quantitative estimate of drug-likeness (QED) is 0.363. The molecule has 2 N–H and O–H groups in total. The predicted octanol–water partition coefficient (Wildman–Crippen LogP) is 3.87. The molecule has 0 saturated heterocycles. The molecule has 0 aliphatic heterocycles. The lowest BCUT2D eigenvalue weighted by Crippen LogP contribution is -2.19. The van der Waals surface area contributed by atoms with Crippen LogP contribution in [0.4, 0.5) is 18.3 Å². The van der Waals surface area contributed by atoms with Crippen LogP contribution in [0.25, 0.3) is 21.6 Å². The molecular weight excluding hydrogens is 489 g/mol. The lowest BCUT2D eigenvalue weighted by Gasteiger charge is -2.07. The van der Waals surface area contributed by atoms with Crippen molar-refractivity contribution < 1.29 is 32.0 Å². The fourth-order valence-corrected chi connectivity index (χ4v) is 3.68. The van der Waals surface area contributed by atoms with Gasteiger partial charge in [-0.1, -0.05) is 28.6 Å². The highest BCUT2D eigenvalue weighted by Crippen LogP contribution is 2.32. The number of halogens is 3. The molecule has 0 radical (unpaired) electrons. The molecule has 14 heteroatoms. The zero-order chi connectivity index (χ0) is 25.0. The van der Waals surface area contributed by atoms with E-state index in [4.69, 9.17) is 9.26 Å². The molecule has 0 fully saturated rings. The lowest BCUT2D eigenvalue weighted by molar-refractivity contribution is -0.153. The smallest absolute Gasteiger partial charge is 0.422 e. The van der Waals surface area contributed by atoms with Crippen molar-refractivity contribution in [2.24, 2.45) is 0 Å². The van der Waals surface area contributed by atoms with E-state index >= 15 is 0 Å². The fraction of sp³-hybridized carbons (Fsp3) is 0.143. The predicted molar refractivity (Wildman–Crippen MR) is 119 cm³/mol. The standard InChI is InChI=1S/C21H15F3N6O4S/c1-11-27-17(30-34-11)12-3-2-4-13(9-12)18(32)25-8-6-15(31)29-20-28-14-5-7-26-19(16(14)35-20)33-10-21(22,23)24/h2-9H,10H2,1H3,(H,25,32)(H,28,29,31). The van der Waals surface area contributed by atoms with Crippen LogP contribution in [0.3, 0.4) is 0 Å². The monoisotopic (exact) mass is 504 g/mol. The summed E-state index contributed by atoms with van der Waals surface area (Å²) in [7, 11) is 0. The third kappa shape index (κ3) is 6.17. The summed E-state index contributed by atoms with van der Waals surface area (Å²) in [5, 5.41) is 8.86. The number of pyridine rings is 1. The van der Waals surface area contributed by atoms with Gasteiger partial charge >= 0.3 is 6.18 Å². The van der Waals surface area contributed by atoms with Gasteiger partial charge in [0, 0.05) is 36.5 Å². The Balaban J connectivity index is 1.37. The fourth-order valence-electron chi connectivity index (χ4n) is 2.78. The molecule has 0 atom stereocenters. The second-order valence-corrected chi connectivity index (χ2v) is 7.90. The lowest BCUT2D eigenvalue weighted by atomic mass is 10.1. The summed E-state index contributed by atoms with van der Waals surface area (Å²) in [4.78, 5) is 36.6. The van der Waals surface area contributed by atoms with Crippen LogP contribution < -0.4 is 15.4 Å². The van der Waals surface area contributed by atoms with E-state index in [-0.39, 0.29) is 15.7 Å². The first kappa shape index (κ1) is 23.8. The third-order valence-electron chi connectivity index (χ3n) is 4.23. The van der Waals surface area contributed by atoms with E-state index in [1.54, 1.807) is 31.2 Å². The summed E-state index contributed by atoms with van der Waals surface area (Å²) in [6.45, 7) is 0.146. The highest BCUT2D eigenvalue weighted by molar-refractivity contribution is 7.22. The molecule has 10 nitrogen and oxygen atoms in total. The molecule has 4 aromatic rings. The van der Waals surface area contributed by atoms with Crippen LogP contribution in [-0.4, -0.2) is 44.7 Å². The van der Waals surface area contributed by atoms with E-state index in [9.17, 15) is 22.8 Å². The van der Waals surface area contributed by atoms with Gasteiger partial charge in [0.2, 0.25) is 17.6 Å². The maximum Gasteiger partial charge on any atom is 0.422 e. The van der Waals surface area contributed by atoms with Crippen molar-refractivity contribution in [1.82, 2.24) is 25.4 Å². The third-order valence-corrected chi connectivity index (χ3v) is 5.21. The summed E-state index contributed by atoms with van der Waals surface area (Å²) in [5.74, 6) is -0.609. The molecule has 35 heavy (non-hydrogen) atoms. The first-order valence-corrected chi connectivity index (χ1v) is 10.6. The average molecular weight is 504 g/mol. The van der Waals surface area contributed by atoms with Crippen LogP contribution in [0.1, 0.15) is 16.2 Å². The molecule has 3 heterocycles. The number of carbonyl (C=O) groups is 2. The Kier molecular flexibility index (Phi) is 6.73. The summed E-state index contributed by atoms with van der Waals surface area (Å²) in [5.41, 5.74) is 1.20. The topological polar surface area (TPSA) is 132 Å². The maximum atomic E-state index is 12.4. The Morgan fingerprint density at radius 2 is 2.06 bits per heavy atom. The minimum atomic E-state index is -4.52. The molecule has 3 aromatic heterocycles. The van der Waals surface area contributed by atoms with Crippen molar-refractivity contribution in [2.45, 2.75) is 13.1 Å². The largest absolute Gasteiger partial charge is 0.467 e. The molecule has 4 rings (SSSR count). The number of alkyl halides is 3. The Labute approximate surface area is 198 Å². The van der Waals surface area contributed by atoms with Crippen LogP contribution in [0, 0.1) is 6.92 Å². The number of rotatable bonds is 7. The number of anilines is 1. The second kappa shape index (κ2) is 9.89. The molecule has 0 aliphatic carbocycles. The molecule has 0 aliphatic rings. The van der Waals surface area contributed by atoms with E-state index in [0.29, 0.717) is 28.4 Å². The van der Waals surface area contributed by atoms with Crippen LogP contribution >= 0.6 is 11.3 Å². The Morgan fingerprint density at radius 3 is 2.80 bits per heavy atom. The van der Waals surface area contributed by atoms with Crippen molar-refractivity contribution in [3.63, 3.8) is 0 Å². The van der Waals surface area contributed by atoms with E-state index in [1.165, 1.54) is 12.3 Å². The van der Waals surface area contributed by atoms with Gasteiger partial charge in [-0.2, -0.15) is 18.2 Å². The number of hydrogen-bond donors (Lipinski definition) is 2. The first-order valence-electron chi connectivity index (χ1n) is 9.82. The van der Waals surface area contributed by atoms with E-state index in [2.05, 4.69) is 30.7 Å². The van der Waals surface area contributed by atoms with Gasteiger partial charge in [0.25, 0.3) is 11.8 Å². The van der Waals surface area contributed by atoms with Crippen LogP contribution in [0.2, 0.25) is 0 Å². The van der Waals surface area contributed by atoms with Gasteiger partial charge in [0.05, 0.1) is 5.52 Å².